The Morgan fingerprint density at radius 1 is 1.18 bits per heavy atom. The molecule has 0 bridgehead atoms. The molecule has 2 atom stereocenters. The molecule has 0 spiro atoms. The average Bonchev–Trinajstić information content (AvgIpc) is 3.58. The normalized spacial score (nSPS) is 16.5. The van der Waals surface area contributed by atoms with E-state index in [9.17, 15) is 9.18 Å². The van der Waals surface area contributed by atoms with Crippen molar-refractivity contribution in [3.8, 4) is 5.75 Å². The number of benzene rings is 2. The zero-order chi connectivity index (χ0) is 26.6. The van der Waals surface area contributed by atoms with Gasteiger partial charge in [0.1, 0.15) is 11.6 Å². The zero-order valence-corrected chi connectivity index (χ0v) is 21.9. The highest BCUT2D eigenvalue weighted by Crippen LogP contribution is 2.31. The molecule has 38 heavy (non-hydrogen) atoms. The van der Waals surface area contributed by atoms with Crippen molar-refractivity contribution in [2.75, 3.05) is 13.7 Å². The number of aromatic amines is 1. The third-order valence-corrected chi connectivity index (χ3v) is 7.05. The number of nitrogens with zero attached hydrogens (tertiary/aromatic N) is 5. The van der Waals surface area contributed by atoms with Gasteiger partial charge in [-0.2, -0.15) is 0 Å². The van der Waals surface area contributed by atoms with Gasteiger partial charge in [-0.1, -0.05) is 26.0 Å². The number of hydrogen-bond donors (Lipinski definition) is 1. The molecule has 4 aromatic rings. The standard InChI is InChI=1S/C28H33FN6O3/c1-18(2)26(27-31-32-33-35(27)17-24-5-4-12-38-24)34(15-19-6-8-22(29)9-7-19)16-21-13-20-14-23(37-3)10-11-25(20)30-28(21)36/h6-11,13-14,18,24,26H,4-5,12,15-17H2,1-3H3,(H,30,36). The minimum atomic E-state index is -0.291. The first-order valence-electron chi connectivity index (χ1n) is 13.0. The van der Waals surface area contributed by atoms with E-state index in [2.05, 4.69) is 39.3 Å². The summed E-state index contributed by atoms with van der Waals surface area (Å²) < 4.78 is 26.7. The first-order chi connectivity index (χ1) is 18.4. The zero-order valence-electron chi connectivity index (χ0n) is 21.9. The Bertz CT molecular complexity index is 1430. The van der Waals surface area contributed by atoms with E-state index >= 15 is 0 Å². The van der Waals surface area contributed by atoms with E-state index in [1.807, 2.05) is 28.9 Å². The van der Waals surface area contributed by atoms with E-state index in [4.69, 9.17) is 9.47 Å². The molecule has 0 amide bonds. The lowest BCUT2D eigenvalue weighted by molar-refractivity contribution is 0.0851. The van der Waals surface area contributed by atoms with E-state index in [0.29, 0.717) is 30.9 Å². The molecule has 5 rings (SSSR count). The van der Waals surface area contributed by atoms with E-state index < -0.39 is 0 Å². The highest BCUT2D eigenvalue weighted by atomic mass is 19.1. The quantitative estimate of drug-likeness (QED) is 0.334. The summed E-state index contributed by atoms with van der Waals surface area (Å²) in [4.78, 5) is 18.4. The SMILES string of the molecule is COc1ccc2[nH]c(=O)c(CN(Cc3ccc(F)cc3)C(c3nnnn3CC3CCCO3)C(C)C)cc2c1. The van der Waals surface area contributed by atoms with Crippen LogP contribution < -0.4 is 10.3 Å². The monoisotopic (exact) mass is 520 g/mol. The Balaban J connectivity index is 1.53. The van der Waals surface area contributed by atoms with Crippen molar-refractivity contribution < 1.29 is 13.9 Å². The molecule has 1 aliphatic rings. The molecule has 1 saturated heterocycles. The first kappa shape index (κ1) is 26.0. The van der Waals surface area contributed by atoms with Crippen LogP contribution >= 0.6 is 0 Å². The maximum Gasteiger partial charge on any atom is 0.252 e. The van der Waals surface area contributed by atoms with Crippen LogP contribution in [-0.2, 0) is 24.4 Å². The Labute approximate surface area is 220 Å². The number of rotatable bonds is 10. The van der Waals surface area contributed by atoms with Gasteiger partial charge in [-0.25, -0.2) is 9.07 Å². The van der Waals surface area contributed by atoms with Crippen LogP contribution in [0.2, 0.25) is 0 Å². The molecule has 0 aliphatic carbocycles. The number of fused-ring (bicyclic) bond motifs is 1. The van der Waals surface area contributed by atoms with Gasteiger partial charge in [-0.15, -0.1) is 5.10 Å². The van der Waals surface area contributed by atoms with Gasteiger partial charge in [-0.3, -0.25) is 9.69 Å². The molecule has 0 saturated carbocycles. The van der Waals surface area contributed by atoms with Gasteiger partial charge in [0.05, 0.1) is 25.8 Å². The Morgan fingerprint density at radius 3 is 2.71 bits per heavy atom. The fraction of sp³-hybridized carbons (Fsp3) is 0.429. The predicted octanol–water partition coefficient (Wildman–Crippen LogP) is 4.24. The van der Waals surface area contributed by atoms with Gasteiger partial charge >= 0.3 is 0 Å². The maximum atomic E-state index is 13.7. The highest BCUT2D eigenvalue weighted by Gasteiger charge is 2.31. The third kappa shape index (κ3) is 5.76. The van der Waals surface area contributed by atoms with E-state index in [1.54, 1.807) is 19.2 Å². The maximum absolute atomic E-state index is 13.7. The summed E-state index contributed by atoms with van der Waals surface area (Å²) >= 11 is 0. The van der Waals surface area contributed by atoms with Crippen molar-refractivity contribution >= 4 is 10.9 Å². The summed E-state index contributed by atoms with van der Waals surface area (Å²) in [6.45, 7) is 6.38. The molecule has 9 nitrogen and oxygen atoms in total. The second-order valence-electron chi connectivity index (χ2n) is 10.2. The smallest absolute Gasteiger partial charge is 0.252 e. The van der Waals surface area contributed by atoms with E-state index in [0.717, 1.165) is 41.7 Å². The fourth-order valence-electron chi connectivity index (χ4n) is 5.19. The van der Waals surface area contributed by atoms with E-state index in [-0.39, 0.29) is 29.4 Å². The van der Waals surface area contributed by atoms with Gasteiger partial charge in [0.2, 0.25) is 0 Å². The average molecular weight is 521 g/mol. The van der Waals surface area contributed by atoms with Gasteiger partial charge < -0.3 is 14.5 Å². The number of pyridine rings is 1. The molecule has 10 heteroatoms. The Kier molecular flexibility index (Phi) is 7.80. The van der Waals surface area contributed by atoms with Crippen molar-refractivity contribution in [1.82, 2.24) is 30.1 Å². The third-order valence-electron chi connectivity index (χ3n) is 7.05. The second kappa shape index (κ2) is 11.4. The van der Waals surface area contributed by atoms with Crippen molar-refractivity contribution in [2.24, 2.45) is 5.92 Å². The van der Waals surface area contributed by atoms with E-state index in [1.165, 1.54) is 12.1 Å². The Hall–Kier alpha value is -3.63. The van der Waals surface area contributed by atoms with Crippen molar-refractivity contribution in [2.45, 2.75) is 58.5 Å². The molecule has 2 aromatic heterocycles. The van der Waals surface area contributed by atoms with Crippen LogP contribution in [0.1, 0.15) is 49.7 Å². The van der Waals surface area contributed by atoms with Crippen molar-refractivity contribution in [1.29, 1.82) is 0 Å². The molecular weight excluding hydrogens is 487 g/mol. The number of H-pyrrole nitrogens is 1. The molecule has 1 aliphatic heterocycles. The lowest BCUT2D eigenvalue weighted by Gasteiger charge is -2.33. The van der Waals surface area contributed by atoms with Crippen molar-refractivity contribution in [3.63, 3.8) is 0 Å². The molecule has 2 aromatic carbocycles. The molecule has 0 radical (unpaired) electrons. The number of ether oxygens (including phenoxy) is 2. The number of hydrogen-bond acceptors (Lipinski definition) is 7. The predicted molar refractivity (Wildman–Crippen MR) is 141 cm³/mol. The summed E-state index contributed by atoms with van der Waals surface area (Å²) in [6.07, 6.45) is 2.08. The second-order valence-corrected chi connectivity index (χ2v) is 10.2. The number of halogens is 1. The largest absolute Gasteiger partial charge is 0.497 e. The van der Waals surface area contributed by atoms with Gasteiger partial charge in [0.15, 0.2) is 5.82 Å². The number of nitrogens with one attached hydrogen (secondary N) is 1. The number of methoxy groups -OCH3 is 1. The summed E-state index contributed by atoms with van der Waals surface area (Å²) in [7, 11) is 1.62. The summed E-state index contributed by atoms with van der Waals surface area (Å²) in [5.41, 5.74) is 2.12. The topological polar surface area (TPSA) is 98.2 Å². The minimum Gasteiger partial charge on any atom is -0.497 e. The van der Waals surface area contributed by atoms with Crippen LogP contribution in [0.5, 0.6) is 5.75 Å². The number of aromatic nitrogens is 5. The Morgan fingerprint density at radius 2 is 2.00 bits per heavy atom. The number of tetrazole rings is 1. The minimum absolute atomic E-state index is 0.0777. The summed E-state index contributed by atoms with van der Waals surface area (Å²) in [6, 6.07) is 13.7. The van der Waals surface area contributed by atoms with Crippen LogP contribution in [0.15, 0.2) is 53.3 Å². The van der Waals surface area contributed by atoms with Crippen LogP contribution in [0.3, 0.4) is 0 Å². The summed E-state index contributed by atoms with van der Waals surface area (Å²) in [5, 5.41) is 13.6. The highest BCUT2D eigenvalue weighted by molar-refractivity contribution is 5.80. The molecule has 1 N–H and O–H groups in total. The van der Waals surface area contributed by atoms with Crippen LogP contribution in [0, 0.1) is 11.7 Å². The lowest BCUT2D eigenvalue weighted by atomic mass is 9.99. The molecule has 2 unspecified atom stereocenters. The van der Waals surface area contributed by atoms with Crippen molar-refractivity contribution in [3.05, 3.63) is 81.7 Å². The van der Waals surface area contributed by atoms with Crippen LogP contribution in [-0.4, -0.2) is 49.9 Å². The van der Waals surface area contributed by atoms with Crippen LogP contribution in [0.4, 0.5) is 4.39 Å². The first-order valence-corrected chi connectivity index (χ1v) is 13.0. The molecule has 1 fully saturated rings. The lowest BCUT2D eigenvalue weighted by Crippen LogP contribution is -2.36. The summed E-state index contributed by atoms with van der Waals surface area (Å²) in [5.74, 6) is 1.26. The van der Waals surface area contributed by atoms with Gasteiger partial charge in [0.25, 0.3) is 5.56 Å². The van der Waals surface area contributed by atoms with Gasteiger partial charge in [-0.05, 0) is 71.1 Å². The molecule has 200 valence electrons. The van der Waals surface area contributed by atoms with Gasteiger partial charge in [0, 0.05) is 36.2 Å². The molecular formula is C28H33FN6O3. The fourth-order valence-corrected chi connectivity index (χ4v) is 5.19. The van der Waals surface area contributed by atoms with Crippen LogP contribution in [0.25, 0.3) is 10.9 Å². The molecule has 3 heterocycles.